The number of hydrogen-bond acceptors (Lipinski definition) is 6. The van der Waals surface area contributed by atoms with Crippen molar-refractivity contribution in [3.63, 3.8) is 0 Å². The highest BCUT2D eigenvalue weighted by Gasteiger charge is 2.34. The fourth-order valence-electron chi connectivity index (χ4n) is 1.03. The molecular weight excluding hydrogens is 291 g/mol. The highest BCUT2D eigenvalue weighted by atomic mass is 31.2. The van der Waals surface area contributed by atoms with E-state index in [0.717, 1.165) is 5.57 Å². The van der Waals surface area contributed by atoms with Crippen LogP contribution in [0.5, 0.6) is 0 Å². The Bertz CT molecular complexity index is 403. The molecule has 0 heterocycles. The molecule has 0 aliphatic carbocycles. The van der Waals surface area contributed by atoms with Gasteiger partial charge in [-0.2, -0.15) is 0 Å². The smallest absolute Gasteiger partial charge is 0.461 e. The first-order valence-corrected chi connectivity index (χ1v) is 7.33. The van der Waals surface area contributed by atoms with E-state index in [1.807, 2.05) is 0 Å². The number of carbonyl (C=O) groups excluding carboxylic acids is 1. The third kappa shape index (κ3) is 6.60. The van der Waals surface area contributed by atoms with E-state index in [9.17, 15) is 19.6 Å². The molecule has 0 radical (unpaired) electrons. The van der Waals surface area contributed by atoms with E-state index in [1.165, 1.54) is 0 Å². The number of aliphatic hydroxyl groups is 2. The summed E-state index contributed by atoms with van der Waals surface area (Å²) in [6.07, 6.45) is 0. The number of hydrogen-bond donors (Lipinski definition) is 4. The van der Waals surface area contributed by atoms with Crippen LogP contribution in [0, 0.1) is 5.41 Å². The summed E-state index contributed by atoms with van der Waals surface area (Å²) < 4.78 is 19.8. The number of esters is 1. The Kier molecular flexibility index (Phi) is 7.57. The highest BCUT2D eigenvalue weighted by Crippen LogP contribution is 2.38. The predicted molar refractivity (Wildman–Crippen MR) is 69.6 cm³/mol. The Labute approximate surface area is 117 Å². The van der Waals surface area contributed by atoms with Gasteiger partial charge < -0.3 is 24.7 Å². The van der Waals surface area contributed by atoms with E-state index in [-0.39, 0.29) is 0 Å². The first kappa shape index (κ1) is 19.2. The van der Waals surface area contributed by atoms with Crippen molar-refractivity contribution in [2.45, 2.75) is 20.8 Å². The minimum Gasteiger partial charge on any atom is -0.461 e. The minimum absolute atomic E-state index is 0.380. The lowest BCUT2D eigenvalue weighted by Crippen LogP contribution is -2.40. The quantitative estimate of drug-likeness (QED) is 0.279. The molecule has 20 heavy (non-hydrogen) atoms. The molecule has 0 fully saturated rings. The summed E-state index contributed by atoms with van der Waals surface area (Å²) in [4.78, 5) is 28.9. The van der Waals surface area contributed by atoms with Gasteiger partial charge in [-0.05, 0) is 20.8 Å². The SMILES string of the molecule is CC(C)=C(C)C(=O)OCC(CO)(CO)COP(=O)(O)O. The molecule has 0 spiro atoms. The summed E-state index contributed by atoms with van der Waals surface area (Å²) in [5, 5.41) is 18.5. The van der Waals surface area contributed by atoms with E-state index in [1.54, 1.807) is 20.8 Å². The zero-order valence-electron chi connectivity index (χ0n) is 11.7. The second-order valence-corrected chi connectivity index (χ2v) is 6.02. The van der Waals surface area contributed by atoms with Gasteiger partial charge in [-0.15, -0.1) is 0 Å². The Morgan fingerprint density at radius 3 is 1.95 bits per heavy atom. The van der Waals surface area contributed by atoms with Gasteiger partial charge in [0.1, 0.15) is 6.61 Å². The normalized spacial score (nSPS) is 12.2. The van der Waals surface area contributed by atoms with Crippen molar-refractivity contribution in [3.05, 3.63) is 11.1 Å². The molecule has 0 rings (SSSR count). The predicted octanol–water partition coefficient (Wildman–Crippen LogP) is -0.0338. The first-order valence-electron chi connectivity index (χ1n) is 5.80. The molecule has 4 N–H and O–H groups in total. The van der Waals surface area contributed by atoms with E-state index in [2.05, 4.69) is 4.52 Å². The van der Waals surface area contributed by atoms with Crippen LogP contribution in [0.15, 0.2) is 11.1 Å². The van der Waals surface area contributed by atoms with Gasteiger partial charge in [0.05, 0.1) is 25.2 Å². The molecular formula is C11H21O8P. The number of carbonyl (C=O) groups is 1. The fourth-order valence-corrected chi connectivity index (χ4v) is 1.47. The number of rotatable bonds is 8. The number of phosphoric acid groups is 1. The molecule has 8 nitrogen and oxygen atoms in total. The van der Waals surface area contributed by atoms with Crippen LogP contribution in [0.3, 0.4) is 0 Å². The molecule has 0 saturated carbocycles. The van der Waals surface area contributed by atoms with E-state index >= 15 is 0 Å². The number of aliphatic hydroxyl groups excluding tert-OH is 2. The molecule has 0 atom stereocenters. The third-order valence-electron chi connectivity index (χ3n) is 2.78. The zero-order chi connectivity index (χ0) is 16.0. The summed E-state index contributed by atoms with van der Waals surface area (Å²) in [7, 11) is -4.74. The highest BCUT2D eigenvalue weighted by molar-refractivity contribution is 7.46. The Morgan fingerprint density at radius 2 is 1.60 bits per heavy atom. The van der Waals surface area contributed by atoms with Crippen LogP contribution >= 0.6 is 7.82 Å². The zero-order valence-corrected chi connectivity index (χ0v) is 12.6. The van der Waals surface area contributed by atoms with Crippen LogP contribution in [0.2, 0.25) is 0 Å². The van der Waals surface area contributed by atoms with E-state index in [0.29, 0.717) is 5.57 Å². The Hall–Kier alpha value is -0.760. The molecule has 0 unspecified atom stereocenters. The molecule has 0 aliphatic heterocycles. The summed E-state index contributed by atoms with van der Waals surface area (Å²) in [5.74, 6) is -0.632. The molecule has 118 valence electrons. The molecule has 0 bridgehead atoms. The van der Waals surface area contributed by atoms with Gasteiger partial charge in [-0.25, -0.2) is 9.36 Å². The molecule has 0 aromatic heterocycles. The molecule has 0 amide bonds. The van der Waals surface area contributed by atoms with Crippen molar-refractivity contribution < 1.29 is 38.6 Å². The monoisotopic (exact) mass is 312 g/mol. The van der Waals surface area contributed by atoms with Gasteiger partial charge >= 0.3 is 13.8 Å². The van der Waals surface area contributed by atoms with Crippen LogP contribution in [0.4, 0.5) is 0 Å². The lowest BCUT2D eigenvalue weighted by atomic mass is 9.92. The molecule has 0 saturated heterocycles. The summed E-state index contributed by atoms with van der Waals surface area (Å²) in [6.45, 7) is 2.60. The lowest BCUT2D eigenvalue weighted by molar-refractivity contribution is -0.146. The Balaban J connectivity index is 4.74. The number of ether oxygens (including phenoxy) is 1. The molecule has 0 aromatic carbocycles. The topological polar surface area (TPSA) is 134 Å². The van der Waals surface area contributed by atoms with Crippen molar-refractivity contribution in [2.75, 3.05) is 26.4 Å². The first-order chi connectivity index (χ1) is 9.07. The standard InChI is InChI=1S/C11H21O8P/c1-8(2)9(3)10(14)18-6-11(4-12,5-13)7-19-20(15,16)17/h12-13H,4-7H2,1-3H3,(H2,15,16,17). The fraction of sp³-hybridized carbons (Fsp3) is 0.727. The molecule has 9 heteroatoms. The van der Waals surface area contributed by atoms with Gasteiger partial charge in [0.2, 0.25) is 0 Å². The molecule has 0 aromatic rings. The van der Waals surface area contributed by atoms with Gasteiger partial charge in [0.15, 0.2) is 0 Å². The van der Waals surface area contributed by atoms with Crippen molar-refractivity contribution in [1.29, 1.82) is 0 Å². The summed E-state index contributed by atoms with van der Waals surface area (Å²) >= 11 is 0. The Morgan fingerprint density at radius 1 is 1.10 bits per heavy atom. The van der Waals surface area contributed by atoms with E-state index in [4.69, 9.17) is 14.5 Å². The van der Waals surface area contributed by atoms with Gasteiger partial charge in [-0.1, -0.05) is 5.57 Å². The third-order valence-corrected chi connectivity index (χ3v) is 3.24. The van der Waals surface area contributed by atoms with E-state index < -0.39 is 45.6 Å². The largest absolute Gasteiger partial charge is 0.469 e. The van der Waals surface area contributed by atoms with Gasteiger partial charge in [0, 0.05) is 5.57 Å². The van der Waals surface area contributed by atoms with Crippen LogP contribution in [0.1, 0.15) is 20.8 Å². The number of phosphoric ester groups is 1. The van der Waals surface area contributed by atoms with Crippen LogP contribution in [0.25, 0.3) is 0 Å². The lowest BCUT2D eigenvalue weighted by Gasteiger charge is -2.28. The minimum atomic E-state index is -4.74. The second kappa shape index (κ2) is 7.87. The maximum atomic E-state index is 11.6. The summed E-state index contributed by atoms with van der Waals surface area (Å²) in [5.41, 5.74) is -0.343. The van der Waals surface area contributed by atoms with Crippen molar-refractivity contribution in [3.8, 4) is 0 Å². The maximum Gasteiger partial charge on any atom is 0.469 e. The average molecular weight is 312 g/mol. The average Bonchev–Trinajstić information content (AvgIpc) is 2.37. The van der Waals surface area contributed by atoms with Gasteiger partial charge in [0.25, 0.3) is 0 Å². The van der Waals surface area contributed by atoms with Crippen molar-refractivity contribution >= 4 is 13.8 Å². The van der Waals surface area contributed by atoms with Crippen LogP contribution < -0.4 is 0 Å². The summed E-state index contributed by atoms with van der Waals surface area (Å²) in [6, 6.07) is 0. The second-order valence-electron chi connectivity index (χ2n) is 4.78. The van der Waals surface area contributed by atoms with Crippen LogP contribution in [-0.2, 0) is 18.6 Å². The van der Waals surface area contributed by atoms with Crippen LogP contribution in [-0.4, -0.2) is 52.4 Å². The maximum absolute atomic E-state index is 11.6. The molecule has 0 aliphatic rings. The van der Waals surface area contributed by atoms with Crippen molar-refractivity contribution in [1.82, 2.24) is 0 Å². The van der Waals surface area contributed by atoms with Crippen molar-refractivity contribution in [2.24, 2.45) is 5.41 Å². The van der Waals surface area contributed by atoms with Gasteiger partial charge in [-0.3, -0.25) is 4.52 Å². The number of allylic oxidation sites excluding steroid dienone is 1.